The molecule has 0 spiro atoms. The highest BCUT2D eigenvalue weighted by atomic mass is 16.3. The van der Waals surface area contributed by atoms with Gasteiger partial charge in [0.25, 0.3) is 0 Å². The first kappa shape index (κ1) is 16.9. The van der Waals surface area contributed by atoms with Crippen LogP contribution in [0.2, 0.25) is 0 Å². The number of hydrogen-bond donors (Lipinski definition) is 4. The number of benzene rings is 1. The molecule has 2 aliphatic rings. The molecule has 2 aliphatic heterocycles. The molecule has 1 aromatic rings. The largest absolute Gasteiger partial charge is 0.395 e. The van der Waals surface area contributed by atoms with E-state index in [-0.39, 0.29) is 6.61 Å². The molecule has 0 amide bonds. The Kier molecular flexibility index (Phi) is 6.42. The summed E-state index contributed by atoms with van der Waals surface area (Å²) >= 11 is 0. The highest BCUT2D eigenvalue weighted by Crippen LogP contribution is 2.24. The molecule has 5 nitrogen and oxygen atoms in total. The molecule has 0 aromatic heterocycles. The van der Waals surface area contributed by atoms with Gasteiger partial charge in [-0.15, -0.1) is 0 Å². The number of hydrogen-bond acceptors (Lipinski definition) is 5. The van der Waals surface area contributed by atoms with Gasteiger partial charge in [-0.25, -0.2) is 5.43 Å². The molecule has 2 unspecified atom stereocenters. The van der Waals surface area contributed by atoms with E-state index in [1.807, 2.05) is 0 Å². The van der Waals surface area contributed by atoms with Crippen molar-refractivity contribution in [2.75, 3.05) is 45.9 Å². The Morgan fingerprint density at radius 2 is 1.91 bits per heavy atom. The summed E-state index contributed by atoms with van der Waals surface area (Å²) in [6.45, 7) is 6.56. The van der Waals surface area contributed by atoms with Gasteiger partial charge in [0.05, 0.1) is 12.6 Å². The molecule has 5 heteroatoms. The van der Waals surface area contributed by atoms with Crippen LogP contribution in [0.4, 0.5) is 0 Å². The Bertz CT molecular complexity index is 448. The van der Waals surface area contributed by atoms with Gasteiger partial charge in [0.2, 0.25) is 0 Å². The molecule has 2 heterocycles. The summed E-state index contributed by atoms with van der Waals surface area (Å²) in [5, 5.41) is 12.7. The zero-order chi connectivity index (χ0) is 15.9. The summed E-state index contributed by atoms with van der Waals surface area (Å²) in [7, 11) is 0. The van der Waals surface area contributed by atoms with Gasteiger partial charge >= 0.3 is 0 Å². The molecule has 0 aliphatic carbocycles. The quantitative estimate of drug-likeness (QED) is 0.598. The third-order valence-corrected chi connectivity index (χ3v) is 5.21. The van der Waals surface area contributed by atoms with Crippen molar-refractivity contribution >= 4 is 0 Å². The summed E-state index contributed by atoms with van der Waals surface area (Å²) in [6, 6.07) is 11.1. The van der Waals surface area contributed by atoms with Crippen LogP contribution in [0.15, 0.2) is 30.3 Å². The van der Waals surface area contributed by atoms with Gasteiger partial charge in [-0.3, -0.25) is 5.43 Å². The molecule has 3 rings (SSSR count). The van der Waals surface area contributed by atoms with Crippen molar-refractivity contribution in [2.24, 2.45) is 11.8 Å². The molecule has 2 saturated heterocycles. The number of nitrogens with zero attached hydrogens (tertiary/aromatic N) is 1. The van der Waals surface area contributed by atoms with Gasteiger partial charge in [-0.2, -0.15) is 0 Å². The maximum absolute atomic E-state index is 9.00. The summed E-state index contributed by atoms with van der Waals surface area (Å²) in [6.07, 6.45) is 2.49. The Hall–Kier alpha value is -0.980. The van der Waals surface area contributed by atoms with Crippen LogP contribution in [0.3, 0.4) is 0 Å². The van der Waals surface area contributed by atoms with Crippen molar-refractivity contribution in [1.82, 2.24) is 21.1 Å². The van der Waals surface area contributed by atoms with Crippen molar-refractivity contribution in [3.8, 4) is 0 Å². The molecule has 2 atom stereocenters. The Balaban J connectivity index is 1.39. The predicted molar refractivity (Wildman–Crippen MR) is 92.9 cm³/mol. The van der Waals surface area contributed by atoms with Crippen LogP contribution < -0.4 is 16.2 Å². The van der Waals surface area contributed by atoms with Crippen LogP contribution in [-0.2, 0) is 0 Å². The fraction of sp³-hybridized carbons (Fsp3) is 0.667. The lowest BCUT2D eigenvalue weighted by molar-refractivity contribution is 0.146. The number of piperidine rings is 1. The third-order valence-electron chi connectivity index (χ3n) is 5.21. The van der Waals surface area contributed by atoms with Gasteiger partial charge < -0.3 is 15.3 Å². The molecular weight excluding hydrogens is 288 g/mol. The summed E-state index contributed by atoms with van der Waals surface area (Å²) < 4.78 is 0. The van der Waals surface area contributed by atoms with Crippen LogP contribution >= 0.6 is 0 Å². The first-order chi connectivity index (χ1) is 11.4. The maximum Gasteiger partial charge on any atom is 0.0558 e. The van der Waals surface area contributed by atoms with Crippen LogP contribution in [0.25, 0.3) is 0 Å². The van der Waals surface area contributed by atoms with Gasteiger partial charge in [-0.05, 0) is 44.0 Å². The average molecular weight is 318 g/mol. The standard InChI is InChI=1S/C18H30N4O/c23-11-10-22-8-6-15(7-9-22)12-19-13-17-14-20-21-18(17)16-4-2-1-3-5-16/h1-5,15,17-21,23H,6-14H2. The zero-order valence-electron chi connectivity index (χ0n) is 13.9. The van der Waals surface area contributed by atoms with Crippen molar-refractivity contribution in [1.29, 1.82) is 0 Å². The number of β-amino-alcohol motifs (C(OH)–C–C–N with tert-alkyl or cyclic N) is 1. The minimum atomic E-state index is 0.283. The highest BCUT2D eigenvalue weighted by Gasteiger charge is 2.28. The SMILES string of the molecule is OCCN1CCC(CNCC2CNNC2c2ccccc2)CC1. The third kappa shape index (κ3) is 4.75. The minimum absolute atomic E-state index is 0.283. The smallest absolute Gasteiger partial charge is 0.0558 e. The summed E-state index contributed by atoms with van der Waals surface area (Å²) in [5.74, 6) is 1.37. The number of nitrogens with one attached hydrogen (secondary N) is 3. The summed E-state index contributed by atoms with van der Waals surface area (Å²) in [5.41, 5.74) is 8.08. The van der Waals surface area contributed by atoms with Gasteiger partial charge in [-0.1, -0.05) is 30.3 Å². The average Bonchev–Trinajstić information content (AvgIpc) is 3.06. The number of rotatable bonds is 7. The lowest BCUT2D eigenvalue weighted by Gasteiger charge is -2.31. The Morgan fingerprint density at radius 3 is 2.65 bits per heavy atom. The predicted octanol–water partition coefficient (Wildman–Crippen LogP) is 0.746. The van der Waals surface area contributed by atoms with Crippen molar-refractivity contribution in [2.45, 2.75) is 18.9 Å². The zero-order valence-corrected chi connectivity index (χ0v) is 13.9. The first-order valence-electron chi connectivity index (χ1n) is 8.94. The monoisotopic (exact) mass is 318 g/mol. The number of aliphatic hydroxyl groups is 1. The second-order valence-corrected chi connectivity index (χ2v) is 6.84. The van der Waals surface area contributed by atoms with E-state index in [0.29, 0.717) is 12.0 Å². The van der Waals surface area contributed by atoms with E-state index >= 15 is 0 Å². The lowest BCUT2D eigenvalue weighted by atomic mass is 9.93. The van der Waals surface area contributed by atoms with E-state index < -0.39 is 0 Å². The molecule has 0 saturated carbocycles. The molecule has 4 N–H and O–H groups in total. The minimum Gasteiger partial charge on any atom is -0.395 e. The number of aliphatic hydroxyl groups excluding tert-OH is 1. The van der Waals surface area contributed by atoms with E-state index in [9.17, 15) is 0 Å². The van der Waals surface area contributed by atoms with E-state index in [2.05, 4.69) is 51.4 Å². The van der Waals surface area contributed by atoms with Gasteiger partial charge in [0.1, 0.15) is 0 Å². The fourth-order valence-electron chi connectivity index (χ4n) is 3.77. The molecular formula is C18H30N4O. The molecule has 1 aromatic carbocycles. The van der Waals surface area contributed by atoms with Gasteiger partial charge in [0, 0.05) is 25.6 Å². The molecule has 128 valence electrons. The van der Waals surface area contributed by atoms with E-state index in [1.165, 1.54) is 18.4 Å². The fourth-order valence-corrected chi connectivity index (χ4v) is 3.77. The second kappa shape index (κ2) is 8.76. The maximum atomic E-state index is 9.00. The first-order valence-corrected chi connectivity index (χ1v) is 8.94. The van der Waals surface area contributed by atoms with Crippen LogP contribution in [0, 0.1) is 11.8 Å². The van der Waals surface area contributed by atoms with Crippen molar-refractivity contribution in [3.63, 3.8) is 0 Å². The van der Waals surface area contributed by atoms with E-state index in [0.717, 1.165) is 45.2 Å². The van der Waals surface area contributed by atoms with Crippen molar-refractivity contribution < 1.29 is 5.11 Å². The topological polar surface area (TPSA) is 59.6 Å². The van der Waals surface area contributed by atoms with E-state index in [1.54, 1.807) is 0 Å². The Labute approximate surface area is 139 Å². The molecule has 0 radical (unpaired) electrons. The summed E-state index contributed by atoms with van der Waals surface area (Å²) in [4.78, 5) is 2.37. The van der Waals surface area contributed by atoms with Crippen LogP contribution in [-0.4, -0.2) is 55.9 Å². The highest BCUT2D eigenvalue weighted by molar-refractivity contribution is 5.20. The normalized spacial score (nSPS) is 26.7. The van der Waals surface area contributed by atoms with E-state index in [4.69, 9.17) is 5.11 Å². The number of likely N-dealkylation sites (tertiary alicyclic amines) is 1. The number of hydrazine groups is 1. The van der Waals surface area contributed by atoms with Gasteiger partial charge in [0.15, 0.2) is 0 Å². The second-order valence-electron chi connectivity index (χ2n) is 6.84. The molecule has 0 bridgehead atoms. The van der Waals surface area contributed by atoms with Crippen LogP contribution in [0.5, 0.6) is 0 Å². The molecule has 23 heavy (non-hydrogen) atoms. The van der Waals surface area contributed by atoms with Crippen molar-refractivity contribution in [3.05, 3.63) is 35.9 Å². The lowest BCUT2D eigenvalue weighted by Crippen LogP contribution is -2.39. The van der Waals surface area contributed by atoms with Crippen LogP contribution in [0.1, 0.15) is 24.4 Å². The Morgan fingerprint density at radius 1 is 1.13 bits per heavy atom. The molecule has 2 fully saturated rings.